The second kappa shape index (κ2) is 6.42. The first-order chi connectivity index (χ1) is 10.2. The minimum absolute atomic E-state index is 0.0906. The third kappa shape index (κ3) is 3.70. The summed E-state index contributed by atoms with van der Waals surface area (Å²) >= 11 is 0. The van der Waals surface area contributed by atoms with E-state index in [2.05, 4.69) is 9.51 Å². The number of nitrogen functional groups attached to an aromatic ring is 1. The van der Waals surface area contributed by atoms with Crippen LogP contribution < -0.4 is 11.4 Å². The third-order valence-electron chi connectivity index (χ3n) is 3.17. The van der Waals surface area contributed by atoms with Crippen LogP contribution in [0.3, 0.4) is 0 Å². The Morgan fingerprint density at radius 1 is 1.50 bits per heavy atom. The maximum atomic E-state index is 11.8. The number of nitrogens with two attached hydrogens (primary N) is 1. The first-order valence-electron chi connectivity index (χ1n) is 6.24. The van der Waals surface area contributed by atoms with E-state index in [9.17, 15) is 14.5 Å². The zero-order valence-corrected chi connectivity index (χ0v) is 12.2. The lowest BCUT2D eigenvalue weighted by atomic mass is 10.2. The van der Waals surface area contributed by atoms with Crippen LogP contribution >= 0.6 is 7.82 Å². The van der Waals surface area contributed by atoms with Crippen molar-refractivity contribution in [3.63, 3.8) is 0 Å². The molecule has 0 aromatic carbocycles. The number of nitrogens with zero attached hydrogens (tertiary/aromatic N) is 2. The lowest BCUT2D eigenvalue weighted by Gasteiger charge is -2.16. The van der Waals surface area contributed by atoms with E-state index in [1.807, 2.05) is 0 Å². The maximum Gasteiger partial charge on any atom is 0.469 e. The highest BCUT2D eigenvalue weighted by molar-refractivity contribution is 7.46. The molecule has 1 saturated heterocycles. The highest BCUT2D eigenvalue weighted by Crippen LogP contribution is 2.43. The lowest BCUT2D eigenvalue weighted by Crippen LogP contribution is -2.29. The third-order valence-corrected chi connectivity index (χ3v) is 3.72. The van der Waals surface area contributed by atoms with Crippen molar-refractivity contribution in [3.8, 4) is 0 Å². The molecule has 1 aromatic heterocycles. The van der Waals surface area contributed by atoms with Crippen molar-refractivity contribution in [3.05, 3.63) is 22.2 Å². The Hall–Kier alpha value is -1.33. The van der Waals surface area contributed by atoms with E-state index in [4.69, 9.17) is 25.4 Å². The normalized spacial score (nSPS) is 25.5. The van der Waals surface area contributed by atoms with Crippen molar-refractivity contribution in [2.75, 3.05) is 12.3 Å². The van der Waals surface area contributed by atoms with Gasteiger partial charge in [0.1, 0.15) is 24.3 Å². The van der Waals surface area contributed by atoms with E-state index < -0.39 is 45.2 Å². The highest BCUT2D eigenvalue weighted by atomic mass is 31.2. The standard InChI is InChI=1S/C10H16N3O8P/c11-9-5(3-14)2-13(10(16)12-9)8-1-6(7(4-15)20-8)21-22(17,18)19/h2,6-8,14-15H,1,3-4H2,(H2,11,12,16)(H2,17,18,19)/t6-,7+,8+/m0/s1. The van der Waals surface area contributed by atoms with Crippen LogP contribution in [-0.2, 0) is 20.4 Å². The quantitative estimate of drug-likeness (QED) is 0.380. The van der Waals surface area contributed by atoms with Crippen LogP contribution in [0.1, 0.15) is 18.2 Å². The second-order valence-corrected chi connectivity index (χ2v) is 5.87. The molecule has 2 rings (SSSR count). The molecule has 0 bridgehead atoms. The minimum Gasteiger partial charge on any atom is -0.394 e. The van der Waals surface area contributed by atoms with Gasteiger partial charge in [0.2, 0.25) is 0 Å². The van der Waals surface area contributed by atoms with E-state index in [1.54, 1.807) is 0 Å². The fourth-order valence-electron chi connectivity index (χ4n) is 2.17. The number of aromatic nitrogens is 2. The van der Waals surface area contributed by atoms with Gasteiger partial charge in [-0.25, -0.2) is 9.36 Å². The molecule has 0 amide bonds. The van der Waals surface area contributed by atoms with Gasteiger partial charge in [-0.2, -0.15) is 4.98 Å². The summed E-state index contributed by atoms with van der Waals surface area (Å²) in [6.07, 6.45) is -1.92. The molecule has 12 heteroatoms. The van der Waals surface area contributed by atoms with Gasteiger partial charge in [0.15, 0.2) is 0 Å². The summed E-state index contributed by atoms with van der Waals surface area (Å²) < 4.78 is 21.8. The van der Waals surface area contributed by atoms with Gasteiger partial charge in [-0.15, -0.1) is 0 Å². The topological polar surface area (TPSA) is 177 Å². The van der Waals surface area contributed by atoms with E-state index in [1.165, 1.54) is 6.20 Å². The van der Waals surface area contributed by atoms with Gasteiger partial charge in [-0.05, 0) is 0 Å². The van der Waals surface area contributed by atoms with Crippen LogP contribution in [0.4, 0.5) is 5.82 Å². The number of ether oxygens (including phenoxy) is 1. The summed E-state index contributed by atoms with van der Waals surface area (Å²) in [4.78, 5) is 33.0. The fraction of sp³-hybridized carbons (Fsp3) is 0.600. The van der Waals surface area contributed by atoms with Crippen molar-refractivity contribution >= 4 is 13.6 Å². The van der Waals surface area contributed by atoms with E-state index in [-0.39, 0.29) is 17.8 Å². The maximum absolute atomic E-state index is 11.8. The number of phosphoric ester groups is 1. The molecule has 6 N–H and O–H groups in total. The second-order valence-electron chi connectivity index (χ2n) is 4.68. The predicted octanol–water partition coefficient (Wildman–Crippen LogP) is -1.92. The molecular weight excluding hydrogens is 321 g/mol. The van der Waals surface area contributed by atoms with Gasteiger partial charge in [0.05, 0.1) is 13.2 Å². The number of aliphatic hydroxyl groups excluding tert-OH is 2. The summed E-state index contributed by atoms with van der Waals surface area (Å²) in [5, 5.41) is 18.3. The largest absolute Gasteiger partial charge is 0.469 e. The molecular formula is C10H16N3O8P. The summed E-state index contributed by atoms with van der Waals surface area (Å²) in [5.74, 6) is -0.122. The summed E-state index contributed by atoms with van der Waals surface area (Å²) in [6.45, 7) is -0.997. The molecule has 0 aliphatic carbocycles. The zero-order chi connectivity index (χ0) is 16.5. The Balaban J connectivity index is 2.28. The van der Waals surface area contributed by atoms with Crippen molar-refractivity contribution in [2.24, 2.45) is 0 Å². The van der Waals surface area contributed by atoms with Gasteiger partial charge in [0.25, 0.3) is 0 Å². The number of anilines is 1. The average Bonchev–Trinajstić information content (AvgIpc) is 2.79. The summed E-state index contributed by atoms with van der Waals surface area (Å²) in [7, 11) is -4.77. The Kier molecular flexibility index (Phi) is 4.97. The van der Waals surface area contributed by atoms with Crippen LogP contribution in [0.25, 0.3) is 0 Å². The molecule has 2 heterocycles. The van der Waals surface area contributed by atoms with Crippen LogP contribution in [-0.4, -0.2) is 48.4 Å². The Morgan fingerprint density at radius 3 is 2.73 bits per heavy atom. The fourth-order valence-corrected chi connectivity index (χ4v) is 2.75. The molecule has 0 spiro atoms. The van der Waals surface area contributed by atoms with E-state index >= 15 is 0 Å². The molecule has 1 fully saturated rings. The molecule has 0 saturated carbocycles. The number of aliphatic hydroxyl groups is 2. The Labute approximate surface area is 124 Å². The molecule has 11 nitrogen and oxygen atoms in total. The zero-order valence-electron chi connectivity index (χ0n) is 11.3. The SMILES string of the molecule is Nc1nc(=O)n([C@H]2C[C@H](OP(=O)(O)O)[C@@H](CO)O2)cc1CO. The molecule has 0 radical (unpaired) electrons. The molecule has 1 aromatic rings. The van der Waals surface area contributed by atoms with Crippen LogP contribution in [0.5, 0.6) is 0 Å². The smallest absolute Gasteiger partial charge is 0.394 e. The summed E-state index contributed by atoms with van der Waals surface area (Å²) in [5.41, 5.74) is 4.91. The van der Waals surface area contributed by atoms with Crippen molar-refractivity contribution in [1.29, 1.82) is 0 Å². The number of hydrogen-bond donors (Lipinski definition) is 5. The Bertz CT molecular complexity index is 644. The lowest BCUT2D eigenvalue weighted by molar-refractivity contribution is -0.0453. The monoisotopic (exact) mass is 337 g/mol. The number of rotatable bonds is 5. The van der Waals surface area contributed by atoms with Crippen LogP contribution in [0, 0.1) is 0 Å². The molecule has 3 atom stereocenters. The minimum atomic E-state index is -4.77. The molecule has 22 heavy (non-hydrogen) atoms. The van der Waals surface area contributed by atoms with E-state index in [0.717, 1.165) is 4.57 Å². The van der Waals surface area contributed by atoms with Crippen molar-refractivity contribution in [2.45, 2.75) is 31.5 Å². The Morgan fingerprint density at radius 2 is 2.18 bits per heavy atom. The molecule has 1 aliphatic heterocycles. The van der Waals surface area contributed by atoms with Gasteiger partial charge < -0.3 is 30.5 Å². The van der Waals surface area contributed by atoms with E-state index in [0.29, 0.717) is 0 Å². The van der Waals surface area contributed by atoms with Gasteiger partial charge >= 0.3 is 13.5 Å². The van der Waals surface area contributed by atoms with Gasteiger partial charge in [-0.1, -0.05) is 0 Å². The molecule has 0 unspecified atom stereocenters. The first-order valence-corrected chi connectivity index (χ1v) is 7.77. The van der Waals surface area contributed by atoms with Crippen LogP contribution in [0.15, 0.2) is 11.0 Å². The summed E-state index contributed by atoms with van der Waals surface area (Å²) in [6, 6.07) is 0. The van der Waals surface area contributed by atoms with Gasteiger partial charge in [-0.3, -0.25) is 9.09 Å². The average molecular weight is 337 g/mol. The van der Waals surface area contributed by atoms with Crippen molar-refractivity contribution in [1.82, 2.24) is 9.55 Å². The highest BCUT2D eigenvalue weighted by Gasteiger charge is 2.40. The predicted molar refractivity (Wildman–Crippen MR) is 71.4 cm³/mol. The number of phosphoric acid groups is 1. The molecule has 1 aliphatic rings. The molecule has 124 valence electrons. The van der Waals surface area contributed by atoms with Gasteiger partial charge in [0, 0.05) is 18.2 Å². The van der Waals surface area contributed by atoms with Crippen LogP contribution in [0.2, 0.25) is 0 Å². The number of hydrogen-bond acceptors (Lipinski definition) is 8. The van der Waals surface area contributed by atoms with Crippen molar-refractivity contribution < 1.29 is 33.8 Å². The first kappa shape index (κ1) is 17.0.